The molecular weight excluding hydrogens is 260 g/mol. The predicted molar refractivity (Wildman–Crippen MR) is 74.0 cm³/mol. The van der Waals surface area contributed by atoms with Crippen LogP contribution in [0.15, 0.2) is 5.11 Å². The van der Waals surface area contributed by atoms with Gasteiger partial charge in [-0.1, -0.05) is 5.11 Å². The molecule has 1 aliphatic heterocycles. The van der Waals surface area contributed by atoms with Crippen LogP contribution in [0.3, 0.4) is 0 Å². The molecule has 7 nitrogen and oxygen atoms in total. The van der Waals surface area contributed by atoms with Crippen molar-refractivity contribution in [3.63, 3.8) is 0 Å². The van der Waals surface area contributed by atoms with Crippen molar-refractivity contribution in [1.82, 2.24) is 4.90 Å². The second-order valence-electron chi connectivity index (χ2n) is 5.87. The maximum absolute atomic E-state index is 11.9. The lowest BCUT2D eigenvalue weighted by molar-refractivity contribution is -0.147. The van der Waals surface area contributed by atoms with Crippen LogP contribution in [0.1, 0.15) is 33.6 Å². The number of ether oxygens (including phenoxy) is 1. The molecule has 1 saturated heterocycles. The smallest absolute Gasteiger partial charge is 0.230 e. The maximum Gasteiger partial charge on any atom is 0.230 e. The number of Topliss-reactive ketones (excluding diaryl/α,β-unsaturated/α-hetero) is 1. The fourth-order valence-corrected chi connectivity index (χ4v) is 2.19. The molecule has 1 aliphatic rings. The van der Waals surface area contributed by atoms with Crippen molar-refractivity contribution in [2.24, 2.45) is 11.0 Å². The topological polar surface area (TPSA) is 95.4 Å². The van der Waals surface area contributed by atoms with Crippen LogP contribution in [-0.4, -0.2) is 48.4 Å². The molecule has 1 amide bonds. The zero-order valence-corrected chi connectivity index (χ0v) is 12.3. The van der Waals surface area contributed by atoms with E-state index in [1.165, 1.54) is 0 Å². The van der Waals surface area contributed by atoms with Gasteiger partial charge in [0.25, 0.3) is 0 Å². The number of amides is 1. The monoisotopic (exact) mass is 282 g/mol. The Morgan fingerprint density at radius 1 is 1.40 bits per heavy atom. The number of carbonyl (C=O) groups excluding carboxylic acids is 2. The second kappa shape index (κ2) is 7.26. The quantitative estimate of drug-likeness (QED) is 0.245. The average Bonchev–Trinajstić information content (AvgIpc) is 2.34. The maximum atomic E-state index is 11.9. The van der Waals surface area contributed by atoms with Gasteiger partial charge in [-0.25, -0.2) is 0 Å². The molecule has 0 N–H and O–H groups in total. The van der Waals surface area contributed by atoms with E-state index >= 15 is 0 Å². The summed E-state index contributed by atoms with van der Waals surface area (Å²) in [5.74, 6) is -0.261. The normalized spacial score (nSPS) is 19.9. The van der Waals surface area contributed by atoms with E-state index in [9.17, 15) is 9.59 Å². The van der Waals surface area contributed by atoms with Crippen molar-refractivity contribution in [3.05, 3.63) is 10.4 Å². The SMILES string of the molecule is CC(C)(C)N1CC(CCOCCN=[N+]=[N-])C(=O)CC1=O. The van der Waals surface area contributed by atoms with Gasteiger partial charge in [0.05, 0.1) is 13.0 Å². The summed E-state index contributed by atoms with van der Waals surface area (Å²) in [6, 6.07) is 0. The van der Waals surface area contributed by atoms with Crippen molar-refractivity contribution < 1.29 is 14.3 Å². The Kier molecular flexibility index (Phi) is 5.98. The van der Waals surface area contributed by atoms with Gasteiger partial charge in [0.2, 0.25) is 5.91 Å². The summed E-state index contributed by atoms with van der Waals surface area (Å²) < 4.78 is 5.31. The number of hydrogen-bond donors (Lipinski definition) is 0. The van der Waals surface area contributed by atoms with Gasteiger partial charge in [-0.05, 0) is 32.7 Å². The molecule has 0 aromatic heterocycles. The van der Waals surface area contributed by atoms with Crippen molar-refractivity contribution in [3.8, 4) is 0 Å². The molecule has 0 aromatic carbocycles. The Morgan fingerprint density at radius 3 is 2.70 bits per heavy atom. The van der Waals surface area contributed by atoms with Crippen molar-refractivity contribution >= 4 is 11.7 Å². The highest BCUT2D eigenvalue weighted by molar-refractivity contribution is 6.01. The summed E-state index contributed by atoms with van der Waals surface area (Å²) in [6.45, 7) is 7.44. The minimum absolute atomic E-state index is 0.00542. The number of rotatable bonds is 6. The van der Waals surface area contributed by atoms with Gasteiger partial charge in [-0.2, -0.15) is 0 Å². The molecule has 0 aromatic rings. The van der Waals surface area contributed by atoms with Gasteiger partial charge >= 0.3 is 0 Å². The third-order valence-electron chi connectivity index (χ3n) is 3.30. The highest BCUT2D eigenvalue weighted by Crippen LogP contribution is 2.24. The fourth-order valence-electron chi connectivity index (χ4n) is 2.19. The third-order valence-corrected chi connectivity index (χ3v) is 3.30. The lowest BCUT2D eigenvalue weighted by atomic mass is 9.90. The lowest BCUT2D eigenvalue weighted by Gasteiger charge is -2.41. The van der Waals surface area contributed by atoms with Crippen LogP contribution in [-0.2, 0) is 14.3 Å². The average molecular weight is 282 g/mol. The van der Waals surface area contributed by atoms with Crippen LogP contribution in [0.2, 0.25) is 0 Å². The van der Waals surface area contributed by atoms with Gasteiger partial charge in [-0.3, -0.25) is 9.59 Å². The molecule has 0 bridgehead atoms. The summed E-state index contributed by atoms with van der Waals surface area (Å²) >= 11 is 0. The summed E-state index contributed by atoms with van der Waals surface area (Å²) in [5.41, 5.74) is 7.85. The van der Waals surface area contributed by atoms with E-state index in [0.717, 1.165) is 0 Å². The zero-order valence-electron chi connectivity index (χ0n) is 12.3. The van der Waals surface area contributed by atoms with Crippen LogP contribution in [0.25, 0.3) is 10.4 Å². The summed E-state index contributed by atoms with van der Waals surface area (Å²) in [5, 5.41) is 3.36. The second-order valence-corrected chi connectivity index (χ2v) is 5.87. The Hall–Kier alpha value is -1.59. The van der Waals surface area contributed by atoms with Gasteiger partial charge < -0.3 is 9.64 Å². The highest BCUT2D eigenvalue weighted by atomic mass is 16.5. The fraction of sp³-hybridized carbons (Fsp3) is 0.846. The van der Waals surface area contributed by atoms with E-state index in [4.69, 9.17) is 10.3 Å². The first-order valence-electron chi connectivity index (χ1n) is 6.78. The summed E-state index contributed by atoms with van der Waals surface area (Å²) in [4.78, 5) is 28.1. The Balaban J connectivity index is 2.43. The Morgan fingerprint density at radius 2 is 2.10 bits per heavy atom. The lowest BCUT2D eigenvalue weighted by Crippen LogP contribution is -2.53. The molecule has 0 aliphatic carbocycles. The molecule has 1 unspecified atom stereocenters. The first-order chi connectivity index (χ1) is 9.36. The zero-order chi connectivity index (χ0) is 15.2. The minimum Gasteiger partial charge on any atom is -0.381 e. The molecule has 1 atom stereocenters. The molecule has 0 saturated carbocycles. The molecule has 1 heterocycles. The first kappa shape index (κ1) is 16.5. The number of azide groups is 1. The van der Waals surface area contributed by atoms with E-state index in [0.29, 0.717) is 32.7 Å². The van der Waals surface area contributed by atoms with E-state index in [2.05, 4.69) is 10.0 Å². The van der Waals surface area contributed by atoms with Crippen molar-refractivity contribution in [1.29, 1.82) is 0 Å². The van der Waals surface area contributed by atoms with Crippen molar-refractivity contribution in [2.75, 3.05) is 26.3 Å². The van der Waals surface area contributed by atoms with Crippen LogP contribution in [0.4, 0.5) is 0 Å². The van der Waals surface area contributed by atoms with Crippen LogP contribution in [0, 0.1) is 5.92 Å². The van der Waals surface area contributed by atoms with Gasteiger partial charge in [0.1, 0.15) is 5.78 Å². The number of nitrogens with zero attached hydrogens (tertiary/aromatic N) is 4. The van der Waals surface area contributed by atoms with Gasteiger partial charge in [0.15, 0.2) is 0 Å². The van der Waals surface area contributed by atoms with E-state index in [1.54, 1.807) is 4.90 Å². The van der Waals surface area contributed by atoms with E-state index in [-0.39, 0.29) is 29.6 Å². The van der Waals surface area contributed by atoms with Crippen LogP contribution >= 0.6 is 0 Å². The van der Waals surface area contributed by atoms with Crippen molar-refractivity contribution in [2.45, 2.75) is 39.2 Å². The van der Waals surface area contributed by atoms with Crippen LogP contribution < -0.4 is 0 Å². The number of likely N-dealkylation sites (tertiary alicyclic amines) is 1. The molecule has 0 spiro atoms. The molecular formula is C13H22N4O3. The van der Waals surface area contributed by atoms with Crippen LogP contribution in [0.5, 0.6) is 0 Å². The molecule has 112 valence electrons. The van der Waals surface area contributed by atoms with Gasteiger partial charge in [0, 0.05) is 36.1 Å². The minimum atomic E-state index is -0.265. The predicted octanol–water partition coefficient (Wildman–Crippen LogP) is 1.92. The van der Waals surface area contributed by atoms with Gasteiger partial charge in [-0.15, -0.1) is 0 Å². The summed E-state index contributed by atoms with van der Waals surface area (Å²) in [6.07, 6.45) is 0.579. The number of ketones is 1. The Bertz CT molecular complexity index is 410. The third kappa shape index (κ3) is 4.83. The Labute approximate surface area is 118 Å². The molecule has 0 radical (unpaired) electrons. The number of hydrogen-bond acceptors (Lipinski definition) is 4. The number of carbonyl (C=O) groups is 2. The largest absolute Gasteiger partial charge is 0.381 e. The summed E-state index contributed by atoms with van der Waals surface area (Å²) in [7, 11) is 0. The first-order valence-corrected chi connectivity index (χ1v) is 6.78. The number of piperidine rings is 1. The molecule has 20 heavy (non-hydrogen) atoms. The standard InChI is InChI=1S/C13H22N4O3/c1-13(2,3)17-9-10(11(18)8-12(17)19)4-6-20-7-5-15-16-14/h10H,4-9H2,1-3H3. The molecule has 7 heteroatoms. The molecule has 1 fully saturated rings. The highest BCUT2D eigenvalue weighted by Gasteiger charge is 2.37. The van der Waals surface area contributed by atoms with E-state index in [1.807, 2.05) is 20.8 Å². The van der Waals surface area contributed by atoms with E-state index < -0.39 is 0 Å². The molecule has 1 rings (SSSR count).